The van der Waals surface area contributed by atoms with Gasteiger partial charge in [-0.2, -0.15) is 0 Å². The lowest BCUT2D eigenvalue weighted by molar-refractivity contribution is 0.170. The van der Waals surface area contributed by atoms with Gasteiger partial charge in [-0.25, -0.2) is 9.97 Å². The minimum absolute atomic E-state index is 0.200. The minimum atomic E-state index is 0.200. The van der Waals surface area contributed by atoms with Crippen LogP contribution in [0.4, 0.5) is 5.95 Å². The van der Waals surface area contributed by atoms with E-state index in [4.69, 9.17) is 16.3 Å². The summed E-state index contributed by atoms with van der Waals surface area (Å²) in [7, 11) is 0. The van der Waals surface area contributed by atoms with Crippen LogP contribution in [0.2, 0.25) is 5.02 Å². The van der Waals surface area contributed by atoms with Gasteiger partial charge in [-0.3, -0.25) is 0 Å². The molecule has 5 heteroatoms. The molecule has 0 saturated carbocycles. The third kappa shape index (κ3) is 3.45. The van der Waals surface area contributed by atoms with E-state index >= 15 is 0 Å². The Morgan fingerprint density at radius 1 is 1.19 bits per heavy atom. The van der Waals surface area contributed by atoms with Crippen molar-refractivity contribution in [1.82, 2.24) is 9.97 Å². The Balaban J connectivity index is 1.59. The quantitative estimate of drug-likeness (QED) is 0.870. The van der Waals surface area contributed by atoms with Crippen LogP contribution in [0.5, 0.6) is 5.75 Å². The summed E-state index contributed by atoms with van der Waals surface area (Å²) in [5.74, 6) is 1.58. The van der Waals surface area contributed by atoms with Gasteiger partial charge in [0.15, 0.2) is 0 Å². The maximum atomic E-state index is 6.13. The molecule has 1 aromatic heterocycles. The average molecular weight is 304 g/mol. The fourth-order valence-corrected chi connectivity index (χ4v) is 2.66. The second kappa shape index (κ2) is 6.31. The van der Waals surface area contributed by atoms with Gasteiger partial charge >= 0.3 is 0 Å². The zero-order valence-corrected chi connectivity index (χ0v) is 12.8. The molecular formula is C16H18ClN3O. The summed E-state index contributed by atoms with van der Waals surface area (Å²) in [5.41, 5.74) is 0.995. The molecule has 0 atom stereocenters. The first-order chi connectivity index (χ1) is 10.2. The predicted molar refractivity (Wildman–Crippen MR) is 84.1 cm³/mol. The van der Waals surface area contributed by atoms with Gasteiger partial charge in [0.2, 0.25) is 5.95 Å². The van der Waals surface area contributed by atoms with Crippen molar-refractivity contribution in [3.8, 4) is 5.75 Å². The fraction of sp³-hybridized carbons (Fsp3) is 0.375. The number of piperidine rings is 1. The summed E-state index contributed by atoms with van der Waals surface area (Å²) in [5, 5.41) is 0.668. The molecule has 1 saturated heterocycles. The number of hydrogen-bond acceptors (Lipinski definition) is 4. The number of hydrogen-bond donors (Lipinski definition) is 0. The first-order valence-corrected chi connectivity index (χ1v) is 7.56. The minimum Gasteiger partial charge on any atom is -0.489 e. The third-order valence-corrected chi connectivity index (χ3v) is 3.95. The van der Waals surface area contributed by atoms with Crippen LogP contribution in [-0.2, 0) is 0 Å². The lowest BCUT2D eigenvalue weighted by Gasteiger charge is -2.32. The van der Waals surface area contributed by atoms with Crippen molar-refractivity contribution >= 4 is 17.5 Å². The molecule has 0 aliphatic carbocycles. The molecule has 0 amide bonds. The number of nitrogens with zero attached hydrogens (tertiary/aromatic N) is 3. The van der Waals surface area contributed by atoms with Gasteiger partial charge in [0.25, 0.3) is 0 Å². The van der Waals surface area contributed by atoms with Crippen LogP contribution in [0.3, 0.4) is 0 Å². The van der Waals surface area contributed by atoms with Crippen molar-refractivity contribution < 1.29 is 4.74 Å². The summed E-state index contributed by atoms with van der Waals surface area (Å²) < 4.78 is 5.99. The number of aryl methyl sites for hydroxylation is 1. The van der Waals surface area contributed by atoms with Crippen molar-refractivity contribution in [3.05, 3.63) is 47.2 Å². The molecule has 1 aliphatic heterocycles. The molecule has 3 rings (SSSR count). The summed E-state index contributed by atoms with van der Waals surface area (Å²) >= 11 is 6.13. The van der Waals surface area contributed by atoms with Crippen LogP contribution >= 0.6 is 11.6 Å². The van der Waals surface area contributed by atoms with Gasteiger partial charge in [0, 0.05) is 37.8 Å². The summed E-state index contributed by atoms with van der Waals surface area (Å²) in [6, 6.07) is 9.53. The van der Waals surface area contributed by atoms with Gasteiger partial charge < -0.3 is 9.64 Å². The van der Waals surface area contributed by atoms with Crippen molar-refractivity contribution in [2.75, 3.05) is 18.0 Å². The average Bonchev–Trinajstić information content (AvgIpc) is 2.50. The van der Waals surface area contributed by atoms with E-state index in [0.717, 1.165) is 43.3 Å². The molecule has 110 valence electrons. The molecule has 0 N–H and O–H groups in total. The van der Waals surface area contributed by atoms with E-state index in [9.17, 15) is 0 Å². The topological polar surface area (TPSA) is 38.2 Å². The van der Waals surface area contributed by atoms with Crippen molar-refractivity contribution in [2.45, 2.75) is 25.9 Å². The third-order valence-electron chi connectivity index (χ3n) is 3.64. The van der Waals surface area contributed by atoms with Gasteiger partial charge in [-0.05, 0) is 25.1 Å². The molecule has 0 bridgehead atoms. The van der Waals surface area contributed by atoms with Gasteiger partial charge in [0.05, 0.1) is 5.02 Å². The largest absolute Gasteiger partial charge is 0.489 e. The number of ether oxygens (including phenoxy) is 1. The maximum Gasteiger partial charge on any atom is 0.225 e. The molecule has 1 aliphatic rings. The monoisotopic (exact) mass is 303 g/mol. The molecule has 2 aromatic rings. The highest BCUT2D eigenvalue weighted by Crippen LogP contribution is 2.27. The first-order valence-electron chi connectivity index (χ1n) is 7.18. The van der Waals surface area contributed by atoms with E-state index < -0.39 is 0 Å². The van der Waals surface area contributed by atoms with Gasteiger partial charge in [0.1, 0.15) is 11.9 Å². The van der Waals surface area contributed by atoms with Crippen molar-refractivity contribution in [2.24, 2.45) is 0 Å². The number of halogens is 1. The van der Waals surface area contributed by atoms with Gasteiger partial charge in [-0.1, -0.05) is 23.7 Å². The highest BCUT2D eigenvalue weighted by molar-refractivity contribution is 6.32. The van der Waals surface area contributed by atoms with E-state index in [1.54, 1.807) is 0 Å². The van der Waals surface area contributed by atoms with Crippen LogP contribution in [0.25, 0.3) is 0 Å². The second-order valence-electron chi connectivity index (χ2n) is 5.23. The number of benzene rings is 1. The fourth-order valence-electron chi connectivity index (χ4n) is 2.48. The Bertz CT molecular complexity index is 612. The number of aromatic nitrogens is 2. The lowest BCUT2D eigenvalue weighted by atomic mass is 10.1. The highest BCUT2D eigenvalue weighted by atomic mass is 35.5. The number of para-hydroxylation sites is 1. The SMILES string of the molecule is Cc1ccnc(N2CCC(Oc3ccccc3Cl)CC2)n1. The smallest absolute Gasteiger partial charge is 0.225 e. The van der Waals surface area contributed by atoms with Crippen LogP contribution in [0.1, 0.15) is 18.5 Å². The Morgan fingerprint density at radius 3 is 2.67 bits per heavy atom. The standard InChI is InChI=1S/C16H18ClN3O/c1-12-6-9-18-16(19-12)20-10-7-13(8-11-20)21-15-5-3-2-4-14(15)17/h2-6,9,13H,7-8,10-11H2,1H3. The first kappa shape index (κ1) is 14.1. The molecule has 21 heavy (non-hydrogen) atoms. The molecule has 2 heterocycles. The summed E-state index contributed by atoms with van der Waals surface area (Å²) in [4.78, 5) is 11.0. The normalized spacial score (nSPS) is 16.0. The number of anilines is 1. The molecule has 1 fully saturated rings. The highest BCUT2D eigenvalue weighted by Gasteiger charge is 2.22. The Labute approximate surface area is 129 Å². The van der Waals surface area contributed by atoms with Crippen LogP contribution < -0.4 is 9.64 Å². The molecule has 0 radical (unpaired) electrons. The molecule has 4 nitrogen and oxygen atoms in total. The van der Waals surface area contributed by atoms with Crippen molar-refractivity contribution in [1.29, 1.82) is 0 Å². The Morgan fingerprint density at radius 2 is 1.95 bits per heavy atom. The molecule has 0 unspecified atom stereocenters. The van der Waals surface area contributed by atoms with E-state index in [1.165, 1.54) is 0 Å². The lowest BCUT2D eigenvalue weighted by Crippen LogP contribution is -2.39. The van der Waals surface area contributed by atoms with E-state index in [0.29, 0.717) is 5.02 Å². The van der Waals surface area contributed by atoms with Crippen LogP contribution in [0.15, 0.2) is 36.5 Å². The van der Waals surface area contributed by atoms with Crippen molar-refractivity contribution in [3.63, 3.8) is 0 Å². The van der Waals surface area contributed by atoms with Crippen LogP contribution in [-0.4, -0.2) is 29.2 Å². The zero-order chi connectivity index (χ0) is 14.7. The van der Waals surface area contributed by atoms with E-state index in [2.05, 4.69) is 14.9 Å². The summed E-state index contributed by atoms with van der Waals surface area (Å²) in [6.45, 7) is 3.79. The van der Waals surface area contributed by atoms with E-state index in [1.807, 2.05) is 43.5 Å². The van der Waals surface area contributed by atoms with E-state index in [-0.39, 0.29) is 6.10 Å². The second-order valence-corrected chi connectivity index (χ2v) is 5.64. The Hall–Kier alpha value is -1.81. The molecule has 0 spiro atoms. The zero-order valence-electron chi connectivity index (χ0n) is 12.0. The molecule has 1 aromatic carbocycles. The molecular weight excluding hydrogens is 286 g/mol. The van der Waals surface area contributed by atoms with Gasteiger partial charge in [-0.15, -0.1) is 0 Å². The summed E-state index contributed by atoms with van der Waals surface area (Å²) in [6.07, 6.45) is 3.90. The van der Waals surface area contributed by atoms with Crippen LogP contribution in [0, 0.1) is 6.92 Å². The predicted octanol–water partition coefficient (Wildman–Crippen LogP) is 3.49. The number of rotatable bonds is 3. The maximum absolute atomic E-state index is 6.13. The Kier molecular flexibility index (Phi) is 4.25.